The van der Waals surface area contributed by atoms with Gasteiger partial charge in [-0.15, -0.1) is 11.3 Å². The molecule has 0 aliphatic heterocycles. The molecule has 0 bridgehead atoms. The predicted octanol–water partition coefficient (Wildman–Crippen LogP) is 2.70. The lowest BCUT2D eigenvalue weighted by Gasteiger charge is -2.26. The molecule has 0 aromatic carbocycles. The van der Waals surface area contributed by atoms with E-state index in [1.54, 1.807) is 18.4 Å². The first-order chi connectivity index (χ1) is 8.86. The molecule has 1 aromatic heterocycles. The summed E-state index contributed by atoms with van der Waals surface area (Å²) in [5.41, 5.74) is 1.20. The molecular formula is C14H24N2O2S. The van der Waals surface area contributed by atoms with E-state index in [2.05, 4.69) is 39.1 Å². The monoisotopic (exact) mass is 284 g/mol. The van der Waals surface area contributed by atoms with Crippen molar-refractivity contribution in [2.24, 2.45) is 5.92 Å². The van der Waals surface area contributed by atoms with Crippen LogP contribution in [0, 0.1) is 19.8 Å². The van der Waals surface area contributed by atoms with Gasteiger partial charge >= 0.3 is 6.03 Å². The number of carbonyl (C=O) groups excluding carboxylic acids is 1. The summed E-state index contributed by atoms with van der Waals surface area (Å²) in [4.78, 5) is 16.1. The Morgan fingerprint density at radius 1 is 1.47 bits per heavy atom. The first-order valence-electron chi connectivity index (χ1n) is 6.56. The van der Waals surface area contributed by atoms with Crippen LogP contribution in [0.2, 0.25) is 0 Å². The fourth-order valence-corrected chi connectivity index (χ4v) is 3.03. The van der Waals surface area contributed by atoms with E-state index in [1.807, 2.05) is 0 Å². The minimum atomic E-state index is -0.143. The van der Waals surface area contributed by atoms with Gasteiger partial charge in [0.1, 0.15) is 0 Å². The number of hydrogen-bond donors (Lipinski definition) is 2. The highest BCUT2D eigenvalue weighted by molar-refractivity contribution is 7.12. The summed E-state index contributed by atoms with van der Waals surface area (Å²) in [5, 5.41) is 11.9. The quantitative estimate of drug-likeness (QED) is 0.873. The number of hydrogen-bond acceptors (Lipinski definition) is 3. The van der Waals surface area contributed by atoms with Crippen molar-refractivity contribution >= 4 is 17.4 Å². The number of carbonyl (C=O) groups is 1. The number of amides is 2. The van der Waals surface area contributed by atoms with Crippen LogP contribution in [0.1, 0.15) is 35.2 Å². The molecule has 1 atom stereocenters. The molecule has 0 fully saturated rings. The van der Waals surface area contributed by atoms with Crippen LogP contribution in [0.5, 0.6) is 0 Å². The van der Waals surface area contributed by atoms with Gasteiger partial charge in [-0.2, -0.15) is 0 Å². The second-order valence-electron chi connectivity index (χ2n) is 5.18. The van der Waals surface area contributed by atoms with E-state index in [1.165, 1.54) is 20.2 Å². The molecule has 19 heavy (non-hydrogen) atoms. The summed E-state index contributed by atoms with van der Waals surface area (Å²) in [5.74, 6) is 0.319. The summed E-state index contributed by atoms with van der Waals surface area (Å²) < 4.78 is 0. The van der Waals surface area contributed by atoms with Gasteiger partial charge in [-0.3, -0.25) is 0 Å². The van der Waals surface area contributed by atoms with E-state index in [0.29, 0.717) is 12.5 Å². The standard InChI is InChI=1S/C14H24N2O2S/c1-9(2)13(12-8-10(3)19-11(12)4)15-14(18)16(5)6-7-17/h8-9,13,17H,6-7H2,1-5H3,(H,15,18). The van der Waals surface area contributed by atoms with Gasteiger partial charge < -0.3 is 15.3 Å². The van der Waals surface area contributed by atoms with Gasteiger partial charge in [-0.1, -0.05) is 13.8 Å². The van der Waals surface area contributed by atoms with Gasteiger partial charge in [0, 0.05) is 23.3 Å². The number of thiophene rings is 1. The highest BCUT2D eigenvalue weighted by Gasteiger charge is 2.22. The van der Waals surface area contributed by atoms with E-state index in [9.17, 15) is 4.79 Å². The SMILES string of the molecule is Cc1cc(C(NC(=O)N(C)CCO)C(C)C)c(C)s1. The smallest absolute Gasteiger partial charge is 0.317 e. The van der Waals surface area contributed by atoms with Crippen LogP contribution in [-0.4, -0.2) is 36.2 Å². The summed E-state index contributed by atoms with van der Waals surface area (Å²) in [6.07, 6.45) is 0. The number of likely N-dealkylation sites (N-methyl/N-ethyl adjacent to an activating group) is 1. The maximum Gasteiger partial charge on any atom is 0.317 e. The maximum absolute atomic E-state index is 12.0. The molecule has 1 aromatic rings. The van der Waals surface area contributed by atoms with E-state index in [-0.39, 0.29) is 18.7 Å². The average molecular weight is 284 g/mol. The topological polar surface area (TPSA) is 52.6 Å². The van der Waals surface area contributed by atoms with Crippen LogP contribution in [0.4, 0.5) is 4.79 Å². The molecule has 4 nitrogen and oxygen atoms in total. The van der Waals surface area contributed by atoms with Gasteiger partial charge in [0.2, 0.25) is 0 Å². The predicted molar refractivity (Wildman–Crippen MR) is 79.6 cm³/mol. The molecule has 2 amide bonds. The van der Waals surface area contributed by atoms with Crippen molar-refractivity contribution in [1.29, 1.82) is 0 Å². The molecule has 0 aliphatic carbocycles. The van der Waals surface area contributed by atoms with Crippen molar-refractivity contribution in [3.05, 3.63) is 21.4 Å². The van der Waals surface area contributed by atoms with Crippen molar-refractivity contribution < 1.29 is 9.90 Å². The lowest BCUT2D eigenvalue weighted by Crippen LogP contribution is -2.42. The summed E-state index contributed by atoms with van der Waals surface area (Å²) in [6.45, 7) is 8.70. The first-order valence-corrected chi connectivity index (χ1v) is 7.37. The Morgan fingerprint density at radius 3 is 2.53 bits per heavy atom. The van der Waals surface area contributed by atoms with E-state index < -0.39 is 0 Å². The Morgan fingerprint density at radius 2 is 2.11 bits per heavy atom. The summed E-state index contributed by atoms with van der Waals surface area (Å²) in [6, 6.07) is 2.02. The lowest BCUT2D eigenvalue weighted by molar-refractivity contribution is 0.184. The molecular weight excluding hydrogens is 260 g/mol. The molecule has 0 saturated carbocycles. The summed E-state index contributed by atoms with van der Waals surface area (Å²) in [7, 11) is 1.69. The molecule has 1 rings (SSSR count). The molecule has 0 radical (unpaired) electrons. The Labute approximate surface area is 119 Å². The third kappa shape index (κ3) is 4.21. The zero-order chi connectivity index (χ0) is 14.6. The summed E-state index contributed by atoms with van der Waals surface area (Å²) >= 11 is 1.76. The van der Waals surface area contributed by atoms with E-state index in [0.717, 1.165) is 0 Å². The largest absolute Gasteiger partial charge is 0.395 e. The van der Waals surface area contributed by atoms with Crippen molar-refractivity contribution in [2.75, 3.05) is 20.2 Å². The molecule has 2 N–H and O–H groups in total. The molecule has 108 valence electrons. The number of urea groups is 1. The van der Waals surface area contributed by atoms with Crippen LogP contribution >= 0.6 is 11.3 Å². The number of nitrogens with one attached hydrogen (secondary N) is 1. The Balaban J connectivity index is 2.85. The van der Waals surface area contributed by atoms with Gasteiger partial charge in [-0.05, 0) is 31.4 Å². The Bertz CT molecular complexity index is 429. The third-order valence-electron chi connectivity index (χ3n) is 3.14. The first kappa shape index (κ1) is 16.0. The molecule has 1 unspecified atom stereocenters. The van der Waals surface area contributed by atoms with Crippen LogP contribution in [-0.2, 0) is 0 Å². The van der Waals surface area contributed by atoms with Gasteiger partial charge in [-0.25, -0.2) is 4.79 Å². The zero-order valence-electron chi connectivity index (χ0n) is 12.4. The van der Waals surface area contributed by atoms with E-state index in [4.69, 9.17) is 5.11 Å². The van der Waals surface area contributed by atoms with Gasteiger partial charge in [0.25, 0.3) is 0 Å². The molecule has 1 heterocycles. The molecule has 5 heteroatoms. The van der Waals surface area contributed by atoms with Crippen molar-refractivity contribution in [2.45, 2.75) is 33.7 Å². The minimum absolute atomic E-state index is 0.0126. The van der Waals surface area contributed by atoms with Crippen molar-refractivity contribution in [1.82, 2.24) is 10.2 Å². The number of aryl methyl sites for hydroxylation is 2. The van der Waals surface area contributed by atoms with Crippen molar-refractivity contribution in [3.8, 4) is 0 Å². The Kier molecular flexibility index (Phi) is 5.82. The van der Waals surface area contributed by atoms with Crippen LogP contribution < -0.4 is 5.32 Å². The number of aliphatic hydroxyl groups is 1. The number of rotatable bonds is 5. The molecule has 0 spiro atoms. The second-order valence-corrected chi connectivity index (χ2v) is 6.65. The lowest BCUT2D eigenvalue weighted by atomic mass is 9.96. The fraction of sp³-hybridized carbons (Fsp3) is 0.643. The number of nitrogens with zero attached hydrogens (tertiary/aromatic N) is 1. The Hall–Kier alpha value is -1.07. The second kappa shape index (κ2) is 6.91. The maximum atomic E-state index is 12.0. The molecule has 0 aliphatic rings. The normalized spacial score (nSPS) is 12.6. The minimum Gasteiger partial charge on any atom is -0.395 e. The van der Waals surface area contributed by atoms with E-state index >= 15 is 0 Å². The average Bonchev–Trinajstić information content (AvgIpc) is 2.64. The third-order valence-corrected chi connectivity index (χ3v) is 4.12. The van der Waals surface area contributed by atoms with Crippen molar-refractivity contribution in [3.63, 3.8) is 0 Å². The van der Waals surface area contributed by atoms with Gasteiger partial charge in [0.05, 0.1) is 12.6 Å². The zero-order valence-corrected chi connectivity index (χ0v) is 13.2. The van der Waals surface area contributed by atoms with Crippen LogP contribution in [0.3, 0.4) is 0 Å². The highest BCUT2D eigenvalue weighted by atomic mass is 32.1. The van der Waals surface area contributed by atoms with Crippen LogP contribution in [0.15, 0.2) is 6.07 Å². The van der Waals surface area contributed by atoms with Crippen LogP contribution in [0.25, 0.3) is 0 Å². The number of aliphatic hydroxyl groups excluding tert-OH is 1. The molecule has 0 saturated heterocycles. The van der Waals surface area contributed by atoms with Gasteiger partial charge in [0.15, 0.2) is 0 Å². The fourth-order valence-electron chi connectivity index (χ4n) is 2.06. The highest BCUT2D eigenvalue weighted by Crippen LogP contribution is 2.30.